The lowest BCUT2D eigenvalue weighted by Crippen LogP contribution is -2.23. The van der Waals surface area contributed by atoms with Crippen molar-refractivity contribution >= 4 is 21.6 Å². The van der Waals surface area contributed by atoms with Gasteiger partial charge in [0.15, 0.2) is 9.84 Å². The van der Waals surface area contributed by atoms with Crippen LogP contribution in [0, 0.1) is 0 Å². The zero-order valence-electron chi connectivity index (χ0n) is 12.2. The van der Waals surface area contributed by atoms with Gasteiger partial charge in [-0.1, -0.05) is 12.1 Å². The maximum atomic E-state index is 11.3. The van der Waals surface area contributed by atoms with E-state index in [2.05, 4.69) is 5.32 Å². The van der Waals surface area contributed by atoms with E-state index in [1.165, 1.54) is 12.1 Å². The quantitative estimate of drug-likeness (QED) is 0.550. The summed E-state index contributed by atoms with van der Waals surface area (Å²) in [6, 6.07) is 6.30. The Labute approximate surface area is 130 Å². The van der Waals surface area contributed by atoms with Crippen LogP contribution in [0.5, 0.6) is 0 Å². The van der Waals surface area contributed by atoms with Gasteiger partial charge < -0.3 is 15.5 Å². The van der Waals surface area contributed by atoms with Gasteiger partial charge in [0.2, 0.25) is 0 Å². The van der Waals surface area contributed by atoms with Crippen LogP contribution < -0.4 is 5.32 Å². The summed E-state index contributed by atoms with van der Waals surface area (Å²) < 4.78 is 22.7. The van der Waals surface area contributed by atoms with Crippen molar-refractivity contribution in [2.45, 2.75) is 17.4 Å². The molecule has 1 aromatic carbocycles. The number of benzene rings is 1. The lowest BCUT2D eigenvalue weighted by Gasteiger charge is -2.12. The molecular weight excluding hydrogens is 310 g/mol. The van der Waals surface area contributed by atoms with Gasteiger partial charge in [-0.2, -0.15) is 11.8 Å². The van der Waals surface area contributed by atoms with E-state index in [1.807, 2.05) is 0 Å². The highest BCUT2D eigenvalue weighted by Crippen LogP contribution is 2.16. The smallest absolute Gasteiger partial charge is 0.175 e. The van der Waals surface area contributed by atoms with Crippen LogP contribution in [0.4, 0.5) is 0 Å². The second-order valence-electron chi connectivity index (χ2n) is 4.75. The number of sulfone groups is 1. The van der Waals surface area contributed by atoms with Gasteiger partial charge in [0.1, 0.15) is 0 Å². The van der Waals surface area contributed by atoms with Gasteiger partial charge in [-0.25, -0.2) is 8.42 Å². The molecule has 1 rings (SSSR count). The van der Waals surface area contributed by atoms with Gasteiger partial charge >= 0.3 is 0 Å². The van der Waals surface area contributed by atoms with Crippen LogP contribution in [0.25, 0.3) is 0 Å². The van der Waals surface area contributed by atoms with Crippen LogP contribution in [0.15, 0.2) is 29.2 Å². The fourth-order valence-corrected chi connectivity index (χ4v) is 3.16. The van der Waals surface area contributed by atoms with E-state index < -0.39 is 15.9 Å². The van der Waals surface area contributed by atoms with Crippen LogP contribution in [-0.2, 0) is 9.84 Å². The van der Waals surface area contributed by atoms with E-state index in [9.17, 15) is 13.5 Å². The zero-order valence-corrected chi connectivity index (χ0v) is 13.8. The average molecular weight is 333 g/mol. The van der Waals surface area contributed by atoms with Crippen LogP contribution in [-0.4, -0.2) is 56.1 Å². The van der Waals surface area contributed by atoms with Crippen molar-refractivity contribution in [1.29, 1.82) is 0 Å². The number of aliphatic hydroxyl groups excluding tert-OH is 2. The Balaban J connectivity index is 2.31. The standard InChI is InChI=1S/C14H23NO4S2/c1-21(18,19)13-5-3-12(4-6-13)14(17)11-15-7-10-20-9-2-8-16/h3-6,14-17H,2,7-11H2,1H3. The summed E-state index contributed by atoms with van der Waals surface area (Å²) in [5, 5.41) is 21.8. The van der Waals surface area contributed by atoms with Crippen molar-refractivity contribution in [1.82, 2.24) is 5.32 Å². The first kappa shape index (κ1) is 18.4. The number of hydrogen-bond acceptors (Lipinski definition) is 6. The molecule has 1 atom stereocenters. The summed E-state index contributed by atoms with van der Waals surface area (Å²) in [5.74, 6) is 1.87. The predicted molar refractivity (Wildman–Crippen MR) is 86.4 cm³/mol. The highest BCUT2D eigenvalue weighted by molar-refractivity contribution is 7.99. The van der Waals surface area contributed by atoms with E-state index in [0.29, 0.717) is 12.1 Å². The molecule has 0 aliphatic carbocycles. The molecule has 0 bridgehead atoms. The molecule has 7 heteroatoms. The van der Waals surface area contributed by atoms with E-state index in [1.54, 1.807) is 23.9 Å². The van der Waals surface area contributed by atoms with Crippen molar-refractivity contribution in [2.24, 2.45) is 0 Å². The van der Waals surface area contributed by atoms with E-state index >= 15 is 0 Å². The van der Waals surface area contributed by atoms with Crippen molar-refractivity contribution < 1.29 is 18.6 Å². The molecule has 0 aromatic heterocycles. The highest BCUT2D eigenvalue weighted by atomic mass is 32.2. The molecule has 0 fully saturated rings. The molecular formula is C14H23NO4S2. The van der Waals surface area contributed by atoms with Gasteiger partial charge in [0.05, 0.1) is 11.0 Å². The average Bonchev–Trinajstić information content (AvgIpc) is 2.45. The topological polar surface area (TPSA) is 86.6 Å². The number of hydrogen-bond donors (Lipinski definition) is 3. The van der Waals surface area contributed by atoms with Crippen LogP contribution in [0.2, 0.25) is 0 Å². The van der Waals surface area contributed by atoms with Gasteiger partial charge in [-0.15, -0.1) is 0 Å². The largest absolute Gasteiger partial charge is 0.396 e. The molecule has 0 amide bonds. The Morgan fingerprint density at radius 1 is 1.24 bits per heavy atom. The van der Waals surface area contributed by atoms with E-state index in [0.717, 1.165) is 30.7 Å². The molecule has 0 aliphatic heterocycles. The molecule has 3 N–H and O–H groups in total. The molecule has 0 heterocycles. The van der Waals surface area contributed by atoms with Gasteiger partial charge in [-0.3, -0.25) is 0 Å². The first-order valence-corrected chi connectivity index (χ1v) is 9.87. The number of nitrogens with one attached hydrogen (secondary N) is 1. The van der Waals surface area contributed by atoms with Crippen LogP contribution >= 0.6 is 11.8 Å². The first-order chi connectivity index (χ1) is 9.95. The molecule has 0 saturated carbocycles. The molecule has 5 nitrogen and oxygen atoms in total. The van der Waals surface area contributed by atoms with E-state index in [4.69, 9.17) is 5.11 Å². The van der Waals surface area contributed by atoms with Crippen molar-refractivity contribution in [2.75, 3.05) is 37.5 Å². The van der Waals surface area contributed by atoms with Crippen molar-refractivity contribution in [3.8, 4) is 0 Å². The van der Waals surface area contributed by atoms with Crippen molar-refractivity contribution in [3.63, 3.8) is 0 Å². The predicted octanol–water partition coefficient (Wildman–Crippen LogP) is 0.829. The second kappa shape index (κ2) is 9.42. The Bertz CT molecular complexity index is 502. The molecule has 0 aliphatic rings. The molecule has 1 unspecified atom stereocenters. The number of thioether (sulfide) groups is 1. The Hall–Kier alpha value is -0.600. The summed E-state index contributed by atoms with van der Waals surface area (Å²) in [6.45, 7) is 1.44. The molecule has 0 spiro atoms. The lowest BCUT2D eigenvalue weighted by molar-refractivity contribution is 0.175. The van der Waals surface area contributed by atoms with Crippen LogP contribution in [0.1, 0.15) is 18.1 Å². The summed E-state index contributed by atoms with van der Waals surface area (Å²) in [5.41, 5.74) is 0.697. The summed E-state index contributed by atoms with van der Waals surface area (Å²) >= 11 is 1.76. The van der Waals surface area contributed by atoms with Gasteiger partial charge in [-0.05, 0) is 29.9 Å². The van der Waals surface area contributed by atoms with E-state index in [-0.39, 0.29) is 11.5 Å². The number of rotatable bonds is 10. The Morgan fingerprint density at radius 3 is 2.48 bits per heavy atom. The molecule has 0 radical (unpaired) electrons. The molecule has 120 valence electrons. The SMILES string of the molecule is CS(=O)(=O)c1ccc(C(O)CNCCSCCCO)cc1. The lowest BCUT2D eigenvalue weighted by atomic mass is 10.1. The van der Waals surface area contributed by atoms with Crippen molar-refractivity contribution in [3.05, 3.63) is 29.8 Å². The van der Waals surface area contributed by atoms with Gasteiger partial charge in [0, 0.05) is 31.7 Å². The Kier molecular flexibility index (Phi) is 8.28. The maximum absolute atomic E-state index is 11.3. The number of aliphatic hydroxyl groups is 2. The third kappa shape index (κ3) is 7.28. The molecule has 1 aromatic rings. The minimum atomic E-state index is -3.20. The molecule has 21 heavy (non-hydrogen) atoms. The van der Waals surface area contributed by atoms with Gasteiger partial charge in [0.25, 0.3) is 0 Å². The first-order valence-electron chi connectivity index (χ1n) is 6.82. The fraction of sp³-hybridized carbons (Fsp3) is 0.571. The molecule has 0 saturated heterocycles. The highest BCUT2D eigenvalue weighted by Gasteiger charge is 2.10. The minimum absolute atomic E-state index is 0.225. The summed E-state index contributed by atoms with van der Waals surface area (Å²) in [6.07, 6.45) is 1.31. The summed E-state index contributed by atoms with van der Waals surface area (Å²) in [4.78, 5) is 0.256. The summed E-state index contributed by atoms with van der Waals surface area (Å²) in [7, 11) is -3.20. The maximum Gasteiger partial charge on any atom is 0.175 e. The third-order valence-corrected chi connectivity index (χ3v) is 5.10. The fourth-order valence-electron chi connectivity index (χ4n) is 1.71. The third-order valence-electron chi connectivity index (χ3n) is 2.90. The minimum Gasteiger partial charge on any atom is -0.396 e. The normalized spacial score (nSPS) is 13.3. The second-order valence-corrected chi connectivity index (χ2v) is 7.99. The van der Waals surface area contributed by atoms with Crippen LogP contribution in [0.3, 0.4) is 0 Å². The monoisotopic (exact) mass is 333 g/mol. The Morgan fingerprint density at radius 2 is 1.90 bits per heavy atom. The zero-order chi connectivity index (χ0) is 15.7.